The van der Waals surface area contributed by atoms with E-state index in [2.05, 4.69) is 22.6 Å². The lowest BCUT2D eigenvalue weighted by Crippen LogP contribution is -2.33. The lowest BCUT2D eigenvalue weighted by atomic mass is 10.1. The van der Waals surface area contributed by atoms with Gasteiger partial charge in [0.25, 0.3) is 0 Å². The highest BCUT2D eigenvalue weighted by molar-refractivity contribution is 5.81. The molecule has 0 amide bonds. The van der Waals surface area contributed by atoms with Gasteiger partial charge in [-0.1, -0.05) is 13.2 Å². The summed E-state index contributed by atoms with van der Waals surface area (Å²) in [5.41, 5.74) is -1.24. The van der Waals surface area contributed by atoms with E-state index >= 15 is 0 Å². The van der Waals surface area contributed by atoms with E-state index in [0.717, 1.165) is 12.2 Å². The van der Waals surface area contributed by atoms with Crippen LogP contribution in [0.4, 0.5) is 0 Å². The van der Waals surface area contributed by atoms with E-state index in [-0.39, 0.29) is 19.6 Å². The fourth-order valence-corrected chi connectivity index (χ4v) is 0.788. The van der Waals surface area contributed by atoms with Crippen LogP contribution in [0.2, 0.25) is 0 Å². The molecule has 0 saturated heterocycles. The lowest BCUT2D eigenvalue weighted by Gasteiger charge is -2.21. The Bertz CT molecular complexity index is 280. The van der Waals surface area contributed by atoms with Crippen molar-refractivity contribution in [2.75, 3.05) is 13.2 Å². The molecule has 90 valence electrons. The van der Waals surface area contributed by atoms with Crippen LogP contribution in [-0.4, -0.2) is 35.9 Å². The molecule has 0 aliphatic carbocycles. The highest BCUT2D eigenvalue weighted by atomic mass is 16.5. The SMILES string of the molecule is C=CC(=O)OCCC(C)(O)COC(=O)C=C. The van der Waals surface area contributed by atoms with Gasteiger partial charge in [-0.2, -0.15) is 0 Å². The Balaban J connectivity index is 3.86. The van der Waals surface area contributed by atoms with Crippen LogP contribution >= 0.6 is 0 Å². The minimum absolute atomic E-state index is 0.0312. The number of hydrogen-bond donors (Lipinski definition) is 1. The van der Waals surface area contributed by atoms with Crippen LogP contribution in [0.15, 0.2) is 25.3 Å². The minimum atomic E-state index is -1.24. The first-order valence-electron chi connectivity index (χ1n) is 4.72. The van der Waals surface area contributed by atoms with E-state index in [4.69, 9.17) is 0 Å². The molecule has 0 heterocycles. The molecule has 0 aromatic carbocycles. The molecule has 16 heavy (non-hydrogen) atoms. The minimum Gasteiger partial charge on any atom is -0.462 e. The van der Waals surface area contributed by atoms with Gasteiger partial charge in [0.1, 0.15) is 6.61 Å². The van der Waals surface area contributed by atoms with Gasteiger partial charge in [0.05, 0.1) is 12.2 Å². The van der Waals surface area contributed by atoms with Gasteiger partial charge in [-0.15, -0.1) is 0 Å². The fraction of sp³-hybridized carbons (Fsp3) is 0.455. The van der Waals surface area contributed by atoms with Crippen LogP contribution in [0.5, 0.6) is 0 Å². The lowest BCUT2D eigenvalue weighted by molar-refractivity contribution is -0.148. The molecule has 0 aromatic heterocycles. The Morgan fingerprint density at radius 1 is 1.25 bits per heavy atom. The van der Waals surface area contributed by atoms with Gasteiger partial charge in [0.15, 0.2) is 0 Å². The van der Waals surface area contributed by atoms with Crippen LogP contribution in [0.3, 0.4) is 0 Å². The van der Waals surface area contributed by atoms with Crippen molar-refractivity contribution in [2.45, 2.75) is 18.9 Å². The van der Waals surface area contributed by atoms with Crippen molar-refractivity contribution in [3.05, 3.63) is 25.3 Å². The van der Waals surface area contributed by atoms with Crippen LogP contribution in [0, 0.1) is 0 Å². The summed E-state index contributed by atoms with van der Waals surface area (Å²) in [6.45, 7) is 7.78. The molecule has 0 aromatic rings. The molecule has 0 saturated carbocycles. The van der Waals surface area contributed by atoms with Gasteiger partial charge in [-0.25, -0.2) is 9.59 Å². The Morgan fingerprint density at radius 2 is 1.75 bits per heavy atom. The summed E-state index contributed by atoms with van der Waals surface area (Å²) < 4.78 is 9.35. The maximum atomic E-state index is 10.7. The van der Waals surface area contributed by atoms with Gasteiger partial charge >= 0.3 is 11.9 Å². The fourth-order valence-electron chi connectivity index (χ4n) is 0.788. The molecule has 1 unspecified atom stereocenters. The van der Waals surface area contributed by atoms with Gasteiger partial charge in [0.2, 0.25) is 0 Å². The summed E-state index contributed by atoms with van der Waals surface area (Å²) in [5, 5.41) is 9.72. The molecule has 0 fully saturated rings. The first kappa shape index (κ1) is 14.4. The van der Waals surface area contributed by atoms with Gasteiger partial charge < -0.3 is 14.6 Å². The normalized spacial score (nSPS) is 13.4. The molecular weight excluding hydrogens is 212 g/mol. The van der Waals surface area contributed by atoms with Crippen molar-refractivity contribution in [1.29, 1.82) is 0 Å². The molecule has 5 nitrogen and oxygen atoms in total. The largest absolute Gasteiger partial charge is 0.462 e. The molecular formula is C11H16O5. The molecule has 0 radical (unpaired) electrons. The van der Waals surface area contributed by atoms with Crippen LogP contribution in [-0.2, 0) is 19.1 Å². The quantitative estimate of drug-likeness (QED) is 0.510. The Morgan fingerprint density at radius 3 is 2.25 bits per heavy atom. The van der Waals surface area contributed by atoms with E-state index in [1.54, 1.807) is 0 Å². The summed E-state index contributed by atoms with van der Waals surface area (Å²) in [7, 11) is 0. The van der Waals surface area contributed by atoms with Crippen molar-refractivity contribution in [3.63, 3.8) is 0 Å². The molecule has 0 rings (SSSR count). The number of carbonyl (C=O) groups is 2. The molecule has 0 bridgehead atoms. The smallest absolute Gasteiger partial charge is 0.330 e. The second kappa shape index (κ2) is 6.79. The van der Waals surface area contributed by atoms with E-state index in [0.29, 0.717) is 0 Å². The van der Waals surface area contributed by atoms with E-state index < -0.39 is 17.5 Å². The number of esters is 2. The second-order valence-electron chi connectivity index (χ2n) is 3.43. The van der Waals surface area contributed by atoms with E-state index in [1.165, 1.54) is 6.92 Å². The van der Waals surface area contributed by atoms with Crippen molar-refractivity contribution in [1.82, 2.24) is 0 Å². The summed E-state index contributed by atoms with van der Waals surface area (Å²) >= 11 is 0. The number of rotatable bonds is 7. The zero-order valence-electron chi connectivity index (χ0n) is 9.27. The monoisotopic (exact) mass is 228 g/mol. The number of carbonyl (C=O) groups excluding carboxylic acids is 2. The number of aliphatic hydroxyl groups is 1. The standard InChI is InChI=1S/C11H16O5/c1-4-9(12)15-7-6-11(3,14)8-16-10(13)5-2/h4-5,14H,1-2,6-8H2,3H3. The zero-order valence-corrected chi connectivity index (χ0v) is 9.27. The second-order valence-corrected chi connectivity index (χ2v) is 3.43. The van der Waals surface area contributed by atoms with Crippen molar-refractivity contribution in [3.8, 4) is 0 Å². The molecule has 0 aliphatic rings. The molecule has 0 aliphatic heterocycles. The molecule has 1 atom stereocenters. The molecule has 0 spiro atoms. The van der Waals surface area contributed by atoms with Crippen LogP contribution < -0.4 is 0 Å². The predicted octanol–water partition coefficient (Wildman–Crippen LogP) is 0.586. The summed E-state index contributed by atoms with van der Waals surface area (Å²) in [5.74, 6) is -1.16. The van der Waals surface area contributed by atoms with Crippen LogP contribution in [0.25, 0.3) is 0 Å². The third-order valence-electron chi connectivity index (χ3n) is 1.74. The average Bonchev–Trinajstić information content (AvgIpc) is 2.25. The first-order valence-corrected chi connectivity index (χ1v) is 4.72. The van der Waals surface area contributed by atoms with Crippen LogP contribution in [0.1, 0.15) is 13.3 Å². The third kappa shape index (κ3) is 6.78. The summed E-state index contributed by atoms with van der Waals surface area (Å²) in [6, 6.07) is 0. The maximum absolute atomic E-state index is 10.7. The van der Waals surface area contributed by atoms with Gasteiger partial charge in [-0.3, -0.25) is 0 Å². The van der Waals surface area contributed by atoms with Crippen molar-refractivity contribution in [2.24, 2.45) is 0 Å². The Labute approximate surface area is 94.4 Å². The first-order chi connectivity index (χ1) is 7.41. The Kier molecular flexibility index (Phi) is 6.10. The third-order valence-corrected chi connectivity index (χ3v) is 1.74. The maximum Gasteiger partial charge on any atom is 0.330 e. The van der Waals surface area contributed by atoms with E-state index in [1.807, 2.05) is 0 Å². The Hall–Kier alpha value is -1.62. The van der Waals surface area contributed by atoms with Gasteiger partial charge in [-0.05, 0) is 6.92 Å². The van der Waals surface area contributed by atoms with Gasteiger partial charge in [0, 0.05) is 18.6 Å². The summed E-state index contributed by atoms with van der Waals surface area (Å²) in [4.78, 5) is 21.4. The molecule has 5 heteroatoms. The average molecular weight is 228 g/mol. The summed E-state index contributed by atoms with van der Waals surface area (Å²) in [6.07, 6.45) is 2.21. The highest BCUT2D eigenvalue weighted by Gasteiger charge is 2.22. The highest BCUT2D eigenvalue weighted by Crippen LogP contribution is 2.10. The molecule has 1 N–H and O–H groups in total. The topological polar surface area (TPSA) is 72.8 Å². The van der Waals surface area contributed by atoms with E-state index in [9.17, 15) is 14.7 Å². The number of hydrogen-bond acceptors (Lipinski definition) is 5. The predicted molar refractivity (Wildman–Crippen MR) is 57.6 cm³/mol. The van der Waals surface area contributed by atoms with Crippen molar-refractivity contribution >= 4 is 11.9 Å². The zero-order chi connectivity index (χ0) is 12.6. The number of ether oxygens (including phenoxy) is 2. The van der Waals surface area contributed by atoms with Crippen molar-refractivity contribution < 1.29 is 24.2 Å².